The van der Waals surface area contributed by atoms with Gasteiger partial charge in [-0.05, 0) is 67.5 Å². The maximum Gasteiger partial charge on any atom is 0.243 e. The lowest BCUT2D eigenvalue weighted by Gasteiger charge is -2.19. The van der Waals surface area contributed by atoms with E-state index in [0.29, 0.717) is 18.7 Å². The molecule has 0 radical (unpaired) electrons. The average molecular weight is 471 g/mol. The normalized spacial score (nSPS) is 14.5. The molecule has 7 heteroatoms. The number of aryl methyl sites for hydroxylation is 2. The van der Waals surface area contributed by atoms with Crippen LogP contribution in [0.15, 0.2) is 47.4 Å². The van der Waals surface area contributed by atoms with Crippen molar-refractivity contribution in [2.24, 2.45) is 0 Å². The Labute approximate surface area is 197 Å². The maximum absolute atomic E-state index is 12.6. The Balaban J connectivity index is 1.54. The van der Waals surface area contributed by atoms with Crippen LogP contribution in [0.2, 0.25) is 0 Å². The van der Waals surface area contributed by atoms with Gasteiger partial charge in [0.05, 0.1) is 10.9 Å². The predicted molar refractivity (Wildman–Crippen MR) is 130 cm³/mol. The highest BCUT2D eigenvalue weighted by Crippen LogP contribution is 2.23. The highest BCUT2D eigenvalue weighted by atomic mass is 32.2. The molecule has 0 saturated carbocycles. The standard InChI is InChI=1S/C26H34N2O4S/c1-4-28(5-2)33(31,32)24-14-12-20(13-15-24)19(3)27-26(30)17-16-25(29)23-11-10-21-8-6-7-9-22(21)18-23/h10-15,18-19H,4-9,16-17H2,1-3H3,(H,27,30)/t19-/m0/s1. The van der Waals surface area contributed by atoms with Crippen LogP contribution < -0.4 is 5.32 Å². The minimum atomic E-state index is -3.51. The maximum atomic E-state index is 12.6. The van der Waals surface area contributed by atoms with Crippen molar-refractivity contribution < 1.29 is 18.0 Å². The van der Waals surface area contributed by atoms with Crippen LogP contribution in [0, 0.1) is 0 Å². The van der Waals surface area contributed by atoms with Gasteiger partial charge in [-0.3, -0.25) is 9.59 Å². The van der Waals surface area contributed by atoms with Gasteiger partial charge in [-0.1, -0.05) is 38.1 Å². The smallest absolute Gasteiger partial charge is 0.243 e. The second-order valence-corrected chi connectivity index (χ2v) is 10.5. The number of hydrogen-bond acceptors (Lipinski definition) is 4. The van der Waals surface area contributed by atoms with Crippen LogP contribution in [-0.4, -0.2) is 37.5 Å². The summed E-state index contributed by atoms with van der Waals surface area (Å²) in [5, 5.41) is 2.91. The van der Waals surface area contributed by atoms with Crippen LogP contribution in [0.5, 0.6) is 0 Å². The van der Waals surface area contributed by atoms with Gasteiger partial charge in [-0.15, -0.1) is 0 Å². The average Bonchev–Trinajstić information content (AvgIpc) is 2.82. The summed E-state index contributed by atoms with van der Waals surface area (Å²) in [5.74, 6) is -0.217. The zero-order chi connectivity index (χ0) is 24.0. The summed E-state index contributed by atoms with van der Waals surface area (Å²) >= 11 is 0. The first kappa shape index (κ1) is 25.1. The number of nitrogens with one attached hydrogen (secondary N) is 1. The molecule has 0 aromatic heterocycles. The lowest BCUT2D eigenvalue weighted by molar-refractivity contribution is -0.121. The molecule has 1 aliphatic rings. The van der Waals surface area contributed by atoms with Gasteiger partial charge in [0.2, 0.25) is 15.9 Å². The molecule has 33 heavy (non-hydrogen) atoms. The lowest BCUT2D eigenvalue weighted by atomic mass is 9.89. The predicted octanol–water partition coefficient (Wildman–Crippen LogP) is 4.44. The quantitative estimate of drug-likeness (QED) is 0.521. The fraction of sp³-hybridized carbons (Fsp3) is 0.462. The van der Waals surface area contributed by atoms with Crippen LogP contribution in [0.25, 0.3) is 0 Å². The minimum absolute atomic E-state index is 0.0165. The summed E-state index contributed by atoms with van der Waals surface area (Å²) in [4.78, 5) is 25.2. The Bertz CT molecular complexity index is 1090. The first-order valence-electron chi connectivity index (χ1n) is 11.8. The second-order valence-electron chi connectivity index (χ2n) is 8.56. The third-order valence-corrected chi connectivity index (χ3v) is 8.41. The van der Waals surface area contributed by atoms with Crippen molar-refractivity contribution in [1.29, 1.82) is 0 Å². The number of Topliss-reactive ketones (excluding diaryl/α,β-unsaturated/α-hetero) is 1. The number of carbonyl (C=O) groups is 2. The van der Waals surface area contributed by atoms with E-state index < -0.39 is 10.0 Å². The van der Waals surface area contributed by atoms with Crippen molar-refractivity contribution >= 4 is 21.7 Å². The zero-order valence-corrected chi connectivity index (χ0v) is 20.6. The van der Waals surface area contributed by atoms with Crippen molar-refractivity contribution in [1.82, 2.24) is 9.62 Å². The molecule has 0 spiro atoms. The molecule has 0 aliphatic heterocycles. The number of nitrogens with zero attached hydrogens (tertiary/aromatic N) is 1. The molecule has 178 valence electrons. The van der Waals surface area contributed by atoms with E-state index in [0.717, 1.165) is 24.8 Å². The number of carbonyl (C=O) groups excluding carboxylic acids is 2. The monoisotopic (exact) mass is 470 g/mol. The van der Waals surface area contributed by atoms with E-state index in [4.69, 9.17) is 0 Å². The van der Waals surface area contributed by atoms with Gasteiger partial charge < -0.3 is 5.32 Å². The lowest BCUT2D eigenvalue weighted by Crippen LogP contribution is -2.30. The van der Waals surface area contributed by atoms with Crippen LogP contribution >= 0.6 is 0 Å². The van der Waals surface area contributed by atoms with Gasteiger partial charge in [-0.2, -0.15) is 4.31 Å². The molecule has 6 nitrogen and oxygen atoms in total. The summed E-state index contributed by atoms with van der Waals surface area (Å²) in [6.45, 7) is 6.29. The molecule has 2 aromatic rings. The van der Waals surface area contributed by atoms with E-state index in [9.17, 15) is 18.0 Å². The van der Waals surface area contributed by atoms with E-state index in [1.54, 1.807) is 24.3 Å². The summed E-state index contributed by atoms with van der Waals surface area (Å²) < 4.78 is 26.7. The summed E-state index contributed by atoms with van der Waals surface area (Å²) in [6.07, 6.45) is 4.74. The first-order chi connectivity index (χ1) is 15.8. The molecular weight excluding hydrogens is 436 g/mol. The molecule has 1 atom stereocenters. The first-order valence-corrected chi connectivity index (χ1v) is 13.2. The van der Waals surface area contributed by atoms with Crippen molar-refractivity contribution in [2.45, 2.75) is 70.2 Å². The van der Waals surface area contributed by atoms with E-state index in [1.165, 1.54) is 21.9 Å². The van der Waals surface area contributed by atoms with Crippen LogP contribution in [-0.2, 0) is 27.7 Å². The number of ketones is 1. The Kier molecular flexibility index (Phi) is 8.43. The van der Waals surface area contributed by atoms with Gasteiger partial charge in [0.1, 0.15) is 0 Å². The summed E-state index contributed by atoms with van der Waals surface area (Å²) in [6, 6.07) is 12.2. The van der Waals surface area contributed by atoms with Gasteiger partial charge in [-0.25, -0.2) is 8.42 Å². The zero-order valence-electron chi connectivity index (χ0n) is 19.8. The molecule has 0 bridgehead atoms. The van der Waals surface area contributed by atoms with Crippen molar-refractivity contribution in [3.63, 3.8) is 0 Å². The van der Waals surface area contributed by atoms with E-state index in [2.05, 4.69) is 5.32 Å². The van der Waals surface area contributed by atoms with Crippen LogP contribution in [0.3, 0.4) is 0 Å². The Morgan fingerprint density at radius 2 is 1.58 bits per heavy atom. The molecule has 0 saturated heterocycles. The highest BCUT2D eigenvalue weighted by Gasteiger charge is 2.22. The molecule has 1 amide bonds. The number of sulfonamides is 1. The van der Waals surface area contributed by atoms with Crippen molar-refractivity contribution in [3.8, 4) is 0 Å². The molecule has 0 fully saturated rings. The Morgan fingerprint density at radius 3 is 2.21 bits per heavy atom. The SMILES string of the molecule is CCN(CC)S(=O)(=O)c1ccc([C@H](C)NC(=O)CCC(=O)c2ccc3c(c2)CCCC3)cc1. The highest BCUT2D eigenvalue weighted by molar-refractivity contribution is 7.89. The number of benzene rings is 2. The van der Waals surface area contributed by atoms with Gasteiger partial charge in [0.15, 0.2) is 5.78 Å². The van der Waals surface area contributed by atoms with Crippen LogP contribution in [0.4, 0.5) is 0 Å². The number of rotatable bonds is 10. The van der Waals surface area contributed by atoms with Crippen molar-refractivity contribution in [2.75, 3.05) is 13.1 Å². The molecule has 1 N–H and O–H groups in total. The van der Waals surface area contributed by atoms with E-state index in [-0.39, 0.29) is 35.5 Å². The fourth-order valence-electron chi connectivity index (χ4n) is 4.32. The van der Waals surface area contributed by atoms with Gasteiger partial charge >= 0.3 is 0 Å². The summed E-state index contributed by atoms with van der Waals surface area (Å²) in [7, 11) is -3.51. The molecule has 0 unspecified atom stereocenters. The largest absolute Gasteiger partial charge is 0.350 e. The van der Waals surface area contributed by atoms with E-state index in [1.807, 2.05) is 39.0 Å². The van der Waals surface area contributed by atoms with Gasteiger partial charge in [0, 0.05) is 31.5 Å². The van der Waals surface area contributed by atoms with Crippen molar-refractivity contribution in [3.05, 3.63) is 64.7 Å². The minimum Gasteiger partial charge on any atom is -0.350 e. The Morgan fingerprint density at radius 1 is 0.939 bits per heavy atom. The summed E-state index contributed by atoms with van der Waals surface area (Å²) in [5.41, 5.74) is 4.08. The molecule has 1 aliphatic carbocycles. The molecule has 0 heterocycles. The number of hydrogen-bond donors (Lipinski definition) is 1. The number of amides is 1. The number of fused-ring (bicyclic) bond motifs is 1. The van der Waals surface area contributed by atoms with Crippen LogP contribution in [0.1, 0.15) is 79.5 Å². The third kappa shape index (κ3) is 6.09. The van der Waals surface area contributed by atoms with Gasteiger partial charge in [0.25, 0.3) is 0 Å². The fourth-order valence-corrected chi connectivity index (χ4v) is 5.77. The third-order valence-electron chi connectivity index (χ3n) is 6.35. The molecular formula is C26H34N2O4S. The Hall–Kier alpha value is -2.51. The second kappa shape index (κ2) is 11.1. The topological polar surface area (TPSA) is 83.6 Å². The van der Waals surface area contributed by atoms with E-state index >= 15 is 0 Å². The molecule has 3 rings (SSSR count). The molecule has 2 aromatic carbocycles.